The van der Waals surface area contributed by atoms with Crippen molar-refractivity contribution < 1.29 is 0 Å². The first kappa shape index (κ1) is 14.5. The van der Waals surface area contributed by atoms with Crippen LogP contribution in [0.1, 0.15) is 10.7 Å². The molecule has 0 aliphatic rings. The predicted octanol–water partition coefficient (Wildman–Crippen LogP) is 4.00. The van der Waals surface area contributed by atoms with Crippen molar-refractivity contribution in [3.05, 3.63) is 47.2 Å². The zero-order chi connectivity index (χ0) is 15.5. The summed E-state index contributed by atoms with van der Waals surface area (Å²) in [6.07, 6.45) is 1.77. The van der Waals surface area contributed by atoms with E-state index in [4.69, 9.17) is 0 Å². The average molecular weight is 311 g/mol. The Morgan fingerprint density at radius 3 is 2.32 bits per heavy atom. The van der Waals surface area contributed by atoms with Gasteiger partial charge >= 0.3 is 0 Å². The summed E-state index contributed by atoms with van der Waals surface area (Å²) in [5.41, 5.74) is 3.92. The third kappa shape index (κ3) is 3.07. The molecule has 0 spiro atoms. The third-order valence-electron chi connectivity index (χ3n) is 3.22. The first-order chi connectivity index (χ1) is 10.7. The van der Waals surface area contributed by atoms with E-state index < -0.39 is 0 Å². The van der Waals surface area contributed by atoms with Gasteiger partial charge in [-0.15, -0.1) is 11.3 Å². The third-order valence-corrected chi connectivity index (χ3v) is 4.32. The number of aromatic nitrogens is 3. The summed E-state index contributed by atoms with van der Waals surface area (Å²) in [6, 6.07) is 9.90. The fraction of sp³-hybridized carbons (Fsp3) is 0.188. The van der Waals surface area contributed by atoms with Crippen molar-refractivity contribution in [2.75, 3.05) is 17.7 Å². The molecule has 2 heterocycles. The minimum atomic E-state index is 0.583. The Hall–Kier alpha value is -2.47. The number of nitrogens with one attached hydrogen (secondary N) is 2. The molecule has 0 fully saturated rings. The minimum Gasteiger partial charge on any atom is -0.388 e. The largest absolute Gasteiger partial charge is 0.388 e. The highest BCUT2D eigenvalue weighted by Crippen LogP contribution is 2.28. The van der Waals surface area contributed by atoms with E-state index >= 15 is 0 Å². The van der Waals surface area contributed by atoms with Crippen molar-refractivity contribution >= 4 is 28.7 Å². The second-order valence-corrected chi connectivity index (χ2v) is 6.07. The summed E-state index contributed by atoms with van der Waals surface area (Å²) in [7, 11) is 1.90. The maximum atomic E-state index is 4.59. The lowest BCUT2D eigenvalue weighted by Crippen LogP contribution is -1.98. The van der Waals surface area contributed by atoms with Gasteiger partial charge in [-0.3, -0.25) is 0 Å². The average Bonchev–Trinajstić information content (AvgIpc) is 2.87. The van der Waals surface area contributed by atoms with Crippen LogP contribution in [-0.4, -0.2) is 22.0 Å². The first-order valence-corrected chi connectivity index (χ1v) is 7.79. The molecule has 0 saturated carbocycles. The van der Waals surface area contributed by atoms with Crippen LogP contribution < -0.4 is 10.6 Å². The highest BCUT2D eigenvalue weighted by atomic mass is 32.1. The van der Waals surface area contributed by atoms with Crippen molar-refractivity contribution in [1.29, 1.82) is 0 Å². The lowest BCUT2D eigenvalue weighted by atomic mass is 10.3. The smallest absolute Gasteiger partial charge is 0.227 e. The van der Waals surface area contributed by atoms with Crippen molar-refractivity contribution in [2.45, 2.75) is 13.8 Å². The quantitative estimate of drug-likeness (QED) is 0.762. The van der Waals surface area contributed by atoms with E-state index in [9.17, 15) is 0 Å². The molecular formula is C16H17N5S. The number of hydrogen-bond acceptors (Lipinski definition) is 6. The van der Waals surface area contributed by atoms with Gasteiger partial charge in [-0.2, -0.15) is 0 Å². The molecule has 2 aromatic heterocycles. The Balaban J connectivity index is 1.86. The van der Waals surface area contributed by atoms with Crippen LogP contribution in [0, 0.1) is 13.8 Å². The van der Waals surface area contributed by atoms with Gasteiger partial charge in [-0.05, 0) is 44.2 Å². The summed E-state index contributed by atoms with van der Waals surface area (Å²) in [6.45, 7) is 4.01. The lowest BCUT2D eigenvalue weighted by molar-refractivity contribution is 1.16. The molecule has 3 rings (SSSR count). The van der Waals surface area contributed by atoms with Crippen LogP contribution >= 0.6 is 11.3 Å². The predicted molar refractivity (Wildman–Crippen MR) is 91.9 cm³/mol. The van der Waals surface area contributed by atoms with Gasteiger partial charge < -0.3 is 10.6 Å². The standard InChI is InChI=1S/C16H17N5S/c1-10-15(22-11(2)19-10)14-8-9-18-16(21-14)20-13-6-4-12(17-3)5-7-13/h4-9,17H,1-3H3,(H,18,20,21). The Morgan fingerprint density at radius 2 is 1.68 bits per heavy atom. The van der Waals surface area contributed by atoms with Crippen molar-refractivity contribution in [3.8, 4) is 10.6 Å². The van der Waals surface area contributed by atoms with Crippen LogP contribution in [0.4, 0.5) is 17.3 Å². The molecule has 0 unspecified atom stereocenters. The molecule has 0 atom stereocenters. The molecule has 0 radical (unpaired) electrons. The molecule has 0 saturated heterocycles. The van der Waals surface area contributed by atoms with E-state index in [0.29, 0.717) is 5.95 Å². The number of rotatable bonds is 4. The Kier molecular flexibility index (Phi) is 4.02. The van der Waals surface area contributed by atoms with Crippen LogP contribution in [0.2, 0.25) is 0 Å². The zero-order valence-electron chi connectivity index (χ0n) is 12.7. The van der Waals surface area contributed by atoms with Crippen LogP contribution in [-0.2, 0) is 0 Å². The monoisotopic (exact) mass is 311 g/mol. The van der Waals surface area contributed by atoms with Gasteiger partial charge in [0.2, 0.25) is 5.95 Å². The Bertz CT molecular complexity index is 779. The maximum absolute atomic E-state index is 4.59. The summed E-state index contributed by atoms with van der Waals surface area (Å²) < 4.78 is 0. The lowest BCUT2D eigenvalue weighted by Gasteiger charge is -2.07. The highest BCUT2D eigenvalue weighted by Gasteiger charge is 2.10. The van der Waals surface area contributed by atoms with Crippen molar-refractivity contribution in [3.63, 3.8) is 0 Å². The van der Waals surface area contributed by atoms with Crippen molar-refractivity contribution in [2.24, 2.45) is 0 Å². The topological polar surface area (TPSA) is 62.7 Å². The molecule has 6 heteroatoms. The van der Waals surface area contributed by atoms with Crippen LogP contribution in [0.3, 0.4) is 0 Å². The van der Waals surface area contributed by atoms with E-state index in [1.54, 1.807) is 17.5 Å². The molecule has 3 aromatic rings. The molecule has 0 amide bonds. The minimum absolute atomic E-state index is 0.583. The Morgan fingerprint density at radius 1 is 0.955 bits per heavy atom. The summed E-state index contributed by atoms with van der Waals surface area (Å²) in [5.74, 6) is 0.583. The number of anilines is 3. The van der Waals surface area contributed by atoms with E-state index in [2.05, 4.69) is 25.6 Å². The van der Waals surface area contributed by atoms with Gasteiger partial charge in [0, 0.05) is 24.6 Å². The molecule has 112 valence electrons. The second-order valence-electron chi connectivity index (χ2n) is 4.87. The molecule has 0 aliphatic heterocycles. The fourth-order valence-electron chi connectivity index (χ4n) is 2.16. The molecule has 0 aliphatic carbocycles. The summed E-state index contributed by atoms with van der Waals surface area (Å²) in [4.78, 5) is 14.4. The van der Waals surface area contributed by atoms with Gasteiger partial charge in [0.15, 0.2) is 0 Å². The number of benzene rings is 1. The summed E-state index contributed by atoms with van der Waals surface area (Å²) in [5, 5.41) is 7.36. The zero-order valence-corrected chi connectivity index (χ0v) is 13.5. The molecule has 2 N–H and O–H groups in total. The van der Waals surface area contributed by atoms with Gasteiger partial charge in [0.05, 0.1) is 21.3 Å². The van der Waals surface area contributed by atoms with E-state index in [-0.39, 0.29) is 0 Å². The van der Waals surface area contributed by atoms with Crippen LogP contribution in [0.15, 0.2) is 36.5 Å². The summed E-state index contributed by atoms with van der Waals surface area (Å²) >= 11 is 1.65. The highest BCUT2D eigenvalue weighted by molar-refractivity contribution is 7.15. The molecule has 22 heavy (non-hydrogen) atoms. The van der Waals surface area contributed by atoms with Crippen molar-refractivity contribution in [1.82, 2.24) is 15.0 Å². The van der Waals surface area contributed by atoms with E-state index in [1.165, 1.54) is 0 Å². The number of nitrogens with zero attached hydrogens (tertiary/aromatic N) is 3. The maximum Gasteiger partial charge on any atom is 0.227 e. The first-order valence-electron chi connectivity index (χ1n) is 6.98. The van der Waals surface area contributed by atoms with Gasteiger partial charge in [0.1, 0.15) is 0 Å². The van der Waals surface area contributed by atoms with Gasteiger partial charge in [-0.1, -0.05) is 0 Å². The molecular weight excluding hydrogens is 294 g/mol. The van der Waals surface area contributed by atoms with E-state index in [1.807, 2.05) is 51.2 Å². The van der Waals surface area contributed by atoms with Crippen LogP contribution in [0.25, 0.3) is 10.6 Å². The molecule has 5 nitrogen and oxygen atoms in total. The number of aryl methyl sites for hydroxylation is 2. The Labute approximate surface area is 133 Å². The molecule has 1 aromatic carbocycles. The second kappa shape index (κ2) is 6.11. The fourth-order valence-corrected chi connectivity index (χ4v) is 3.05. The van der Waals surface area contributed by atoms with Crippen LogP contribution in [0.5, 0.6) is 0 Å². The normalized spacial score (nSPS) is 10.5. The molecule has 0 bridgehead atoms. The number of thiazole rings is 1. The SMILES string of the molecule is CNc1ccc(Nc2nccc(-c3sc(C)nc3C)n2)cc1. The van der Waals surface area contributed by atoms with Gasteiger partial charge in [-0.25, -0.2) is 15.0 Å². The number of hydrogen-bond donors (Lipinski definition) is 2. The van der Waals surface area contributed by atoms with E-state index in [0.717, 1.165) is 32.6 Å². The van der Waals surface area contributed by atoms with Gasteiger partial charge in [0.25, 0.3) is 0 Å².